The van der Waals surface area contributed by atoms with E-state index in [1.165, 1.54) is 0 Å². The summed E-state index contributed by atoms with van der Waals surface area (Å²) in [5, 5.41) is 0. The Labute approximate surface area is 145 Å². The largest absolute Gasteiger partial charge is 4.00 e. The molecule has 5 heteroatoms. The first kappa shape index (κ1) is 33.0. The second-order valence-electron chi connectivity index (χ2n) is 0. The molecular weight excluding hydrogens is 530 g/mol. The van der Waals surface area contributed by atoms with Crippen LogP contribution >= 0.6 is 0 Å². The fraction of sp³-hybridized carbons (Fsp3) is 0. The standard InChI is InChI=1S/Ce.La.Nd.O.Zr/q3*+3;-2;+4. The zero-order chi connectivity index (χ0) is 0. The molecule has 0 aliphatic heterocycles. The van der Waals surface area contributed by atoms with Crippen molar-refractivity contribution in [2.75, 3.05) is 0 Å². The van der Waals surface area contributed by atoms with E-state index >= 15 is 0 Å². The molecule has 0 aliphatic carbocycles. The fourth-order valence-electron chi connectivity index (χ4n) is 0. The summed E-state index contributed by atoms with van der Waals surface area (Å²) in [7, 11) is 0. The van der Waals surface area contributed by atoms with Gasteiger partial charge in [-0.1, -0.05) is 0 Å². The molecule has 0 unspecified atom stereocenters. The molecule has 0 aliphatic rings. The number of hydrogen-bond acceptors (Lipinski definition) is 0. The van der Waals surface area contributed by atoms with Crippen LogP contribution in [-0.4, -0.2) is 0 Å². The smallest absolute Gasteiger partial charge is 2.00 e. The van der Waals surface area contributed by atoms with Crippen molar-refractivity contribution in [2.45, 2.75) is 0 Å². The maximum atomic E-state index is 0. The third-order valence-corrected chi connectivity index (χ3v) is 0. The van der Waals surface area contributed by atoms with Gasteiger partial charge in [-0.15, -0.1) is 0 Å². The van der Waals surface area contributed by atoms with E-state index in [4.69, 9.17) is 0 Å². The predicted octanol–water partition coefficient (Wildman–Crippen LogP) is -0.121. The minimum atomic E-state index is 0. The van der Waals surface area contributed by atoms with Gasteiger partial charge in [0.25, 0.3) is 0 Å². The molecular formula is CeLaNdOZr+11. The molecule has 0 aromatic carbocycles. The molecule has 10 valence electrons. The molecule has 0 atom stereocenters. The Kier molecular flexibility index (Phi) is 154. The van der Waals surface area contributed by atoms with Gasteiger partial charge in [-0.05, 0) is 0 Å². The van der Waals surface area contributed by atoms with Gasteiger partial charge in [0.05, 0.1) is 0 Å². The summed E-state index contributed by atoms with van der Waals surface area (Å²) in [4.78, 5) is 0. The van der Waals surface area contributed by atoms with E-state index in [0.29, 0.717) is 0 Å². The molecule has 1 nitrogen and oxygen atoms in total. The summed E-state index contributed by atoms with van der Waals surface area (Å²) in [6, 6.07) is 0. The number of hydrogen-bond donors (Lipinski definition) is 0. The summed E-state index contributed by atoms with van der Waals surface area (Å²) in [5.74, 6) is 0. The monoisotopic (exact) mass is 527 g/mol. The van der Waals surface area contributed by atoms with Crippen molar-refractivity contribution >= 4 is 0 Å². The Hall–Kier alpha value is 4.77. The van der Waals surface area contributed by atoms with Gasteiger partial charge in [0, 0.05) is 0 Å². The normalized spacial score (nSPS) is 0. The Morgan fingerprint density at radius 3 is 1.00 bits per heavy atom. The maximum absolute atomic E-state index is 0. The summed E-state index contributed by atoms with van der Waals surface area (Å²) in [5.41, 5.74) is 0. The van der Waals surface area contributed by atoms with E-state index in [1.807, 2.05) is 0 Å². The molecule has 0 aromatic heterocycles. The van der Waals surface area contributed by atoms with Crippen molar-refractivity contribution in [3.8, 4) is 0 Å². The summed E-state index contributed by atoms with van der Waals surface area (Å²) >= 11 is 0. The van der Waals surface area contributed by atoms with Crippen molar-refractivity contribution < 1.29 is 150 Å². The van der Waals surface area contributed by atoms with E-state index in [2.05, 4.69) is 0 Å². The van der Waals surface area contributed by atoms with Crippen molar-refractivity contribution in [1.29, 1.82) is 0 Å². The van der Waals surface area contributed by atoms with E-state index in [1.54, 1.807) is 0 Å². The molecule has 0 bridgehead atoms. The molecule has 0 N–H and O–H groups in total. The van der Waals surface area contributed by atoms with Gasteiger partial charge >= 0.3 is 144 Å². The van der Waals surface area contributed by atoms with Crippen LogP contribution in [0.2, 0.25) is 0 Å². The van der Waals surface area contributed by atoms with Crippen LogP contribution in [0.1, 0.15) is 0 Å². The molecule has 2 radical (unpaired) electrons. The molecule has 0 heterocycles. The van der Waals surface area contributed by atoms with Crippen LogP contribution < -0.4 is 0 Å². The van der Waals surface area contributed by atoms with Crippen LogP contribution in [-0.2, 0) is 31.7 Å². The Bertz CT molecular complexity index is 11.6. The zero-order valence-electron chi connectivity index (χ0n) is 2.49. The van der Waals surface area contributed by atoms with E-state index in [-0.39, 0.29) is 150 Å². The van der Waals surface area contributed by atoms with Crippen LogP contribution in [0.3, 0.4) is 0 Å². The molecule has 0 saturated carbocycles. The SMILES string of the molecule is [Ce+3].[La+3].[Nd+3].[O-2].[Zr+4]. The van der Waals surface area contributed by atoms with Crippen LogP contribution in [0, 0.1) is 118 Å². The third kappa shape index (κ3) is 17.7. The predicted molar refractivity (Wildman–Crippen MR) is 0.686 cm³/mol. The molecule has 0 amide bonds. The Balaban J connectivity index is 0. The molecule has 0 fully saturated rings. The van der Waals surface area contributed by atoms with Crippen LogP contribution in [0.4, 0.5) is 0 Å². The van der Waals surface area contributed by atoms with Crippen LogP contribution in [0.5, 0.6) is 0 Å². The van der Waals surface area contributed by atoms with E-state index in [9.17, 15) is 0 Å². The van der Waals surface area contributed by atoms with E-state index in [0.717, 1.165) is 0 Å². The van der Waals surface area contributed by atoms with Gasteiger partial charge in [0.1, 0.15) is 0 Å². The molecule has 5 heavy (non-hydrogen) atoms. The molecule has 0 spiro atoms. The summed E-state index contributed by atoms with van der Waals surface area (Å²) in [6.07, 6.45) is 0. The van der Waals surface area contributed by atoms with Gasteiger partial charge in [-0.2, -0.15) is 0 Å². The van der Waals surface area contributed by atoms with Gasteiger partial charge < -0.3 is 5.48 Å². The van der Waals surface area contributed by atoms with Crippen LogP contribution in [0.25, 0.3) is 0 Å². The quantitative estimate of drug-likeness (QED) is 0.418. The minimum absolute atomic E-state index is 0. The van der Waals surface area contributed by atoms with Crippen molar-refractivity contribution in [1.82, 2.24) is 0 Å². The average molecular weight is 530 g/mol. The van der Waals surface area contributed by atoms with Gasteiger partial charge in [0.2, 0.25) is 0 Å². The van der Waals surface area contributed by atoms with Crippen molar-refractivity contribution in [2.24, 2.45) is 0 Å². The summed E-state index contributed by atoms with van der Waals surface area (Å²) < 4.78 is 0. The Morgan fingerprint density at radius 2 is 1.00 bits per heavy atom. The third-order valence-electron chi connectivity index (χ3n) is 0. The summed E-state index contributed by atoms with van der Waals surface area (Å²) in [6.45, 7) is 0. The number of rotatable bonds is 0. The molecule has 0 aromatic rings. The first-order chi connectivity index (χ1) is 0. The van der Waals surface area contributed by atoms with Gasteiger partial charge in [0.15, 0.2) is 0 Å². The topological polar surface area (TPSA) is 28.5 Å². The second-order valence-corrected chi connectivity index (χ2v) is 0. The minimum Gasteiger partial charge on any atom is -2.00 e. The molecule has 0 rings (SSSR count). The average Bonchev–Trinajstić information content (AvgIpc) is 0. The molecule has 0 saturated heterocycles. The van der Waals surface area contributed by atoms with E-state index < -0.39 is 0 Å². The van der Waals surface area contributed by atoms with Gasteiger partial charge in [-0.3, -0.25) is 0 Å². The Morgan fingerprint density at radius 1 is 1.00 bits per heavy atom. The first-order valence-corrected chi connectivity index (χ1v) is 0. The first-order valence-electron chi connectivity index (χ1n) is 0. The zero-order valence-corrected chi connectivity index (χ0v) is 14.9. The van der Waals surface area contributed by atoms with Gasteiger partial charge in [-0.25, -0.2) is 0 Å². The second kappa shape index (κ2) is 23.3. The fourth-order valence-corrected chi connectivity index (χ4v) is 0. The maximum Gasteiger partial charge on any atom is 4.00 e. The van der Waals surface area contributed by atoms with Crippen molar-refractivity contribution in [3.05, 3.63) is 0 Å². The van der Waals surface area contributed by atoms with Crippen LogP contribution in [0.15, 0.2) is 0 Å². The van der Waals surface area contributed by atoms with Crippen molar-refractivity contribution in [3.63, 3.8) is 0 Å².